The van der Waals surface area contributed by atoms with Gasteiger partial charge in [-0.15, -0.1) is 11.8 Å². The fourth-order valence-electron chi connectivity index (χ4n) is 1.01. The van der Waals surface area contributed by atoms with Crippen molar-refractivity contribution >= 4 is 23.1 Å². The molecule has 0 spiro atoms. The quantitative estimate of drug-likeness (QED) is 0.360. The Hall–Kier alpha value is -1.23. The molecule has 76 valence electrons. The summed E-state index contributed by atoms with van der Waals surface area (Å²) < 4.78 is 0. The van der Waals surface area contributed by atoms with Crippen LogP contribution in [-0.2, 0) is 0 Å². The molecular formula is C9H12N2O2S. The van der Waals surface area contributed by atoms with Gasteiger partial charge in [0.1, 0.15) is 0 Å². The number of benzene rings is 1. The summed E-state index contributed by atoms with van der Waals surface area (Å²) in [6.45, 7) is 2.03. The average molecular weight is 212 g/mol. The first-order valence-corrected chi connectivity index (χ1v) is 5.30. The molecule has 1 aromatic rings. The van der Waals surface area contributed by atoms with Crippen LogP contribution in [0.3, 0.4) is 0 Å². The molecule has 0 atom stereocenters. The van der Waals surface area contributed by atoms with Crippen LogP contribution in [-0.4, -0.2) is 10.7 Å². The Bertz CT molecular complexity index is 342. The molecular weight excluding hydrogens is 200 g/mol. The van der Waals surface area contributed by atoms with E-state index in [9.17, 15) is 10.1 Å². The van der Waals surface area contributed by atoms with Crippen LogP contribution in [0.4, 0.5) is 11.4 Å². The summed E-state index contributed by atoms with van der Waals surface area (Å²) in [4.78, 5) is 10.9. The lowest BCUT2D eigenvalue weighted by atomic mass is 10.3. The summed E-state index contributed by atoms with van der Waals surface area (Å²) in [6.07, 6.45) is 0.983. The SMILES string of the molecule is CCCSc1cc(N)ccc1[N+](=O)[O-]. The largest absolute Gasteiger partial charge is 0.399 e. The van der Waals surface area contributed by atoms with Crippen molar-refractivity contribution in [3.63, 3.8) is 0 Å². The Morgan fingerprint density at radius 1 is 1.57 bits per heavy atom. The second-order valence-electron chi connectivity index (χ2n) is 2.83. The highest BCUT2D eigenvalue weighted by molar-refractivity contribution is 7.99. The van der Waals surface area contributed by atoms with E-state index in [0.717, 1.165) is 12.2 Å². The molecule has 0 aliphatic heterocycles. The molecule has 0 amide bonds. The molecule has 0 unspecified atom stereocenters. The van der Waals surface area contributed by atoms with Gasteiger partial charge in [-0.25, -0.2) is 0 Å². The van der Waals surface area contributed by atoms with Crippen molar-refractivity contribution in [3.8, 4) is 0 Å². The van der Waals surface area contributed by atoms with E-state index in [1.54, 1.807) is 12.1 Å². The number of nitro groups is 1. The Morgan fingerprint density at radius 3 is 2.86 bits per heavy atom. The molecule has 0 aliphatic carbocycles. The van der Waals surface area contributed by atoms with E-state index in [2.05, 4.69) is 0 Å². The predicted molar refractivity (Wildman–Crippen MR) is 58.5 cm³/mol. The summed E-state index contributed by atoms with van der Waals surface area (Å²) in [5, 5.41) is 10.6. The molecule has 1 aromatic carbocycles. The highest BCUT2D eigenvalue weighted by Crippen LogP contribution is 2.31. The molecule has 0 bridgehead atoms. The maximum absolute atomic E-state index is 10.6. The molecule has 0 radical (unpaired) electrons. The number of nitro benzene ring substituents is 1. The Balaban J connectivity index is 2.97. The molecule has 1 rings (SSSR count). The van der Waals surface area contributed by atoms with E-state index in [1.807, 2.05) is 6.92 Å². The van der Waals surface area contributed by atoms with Gasteiger partial charge in [-0.05, 0) is 24.3 Å². The molecule has 2 N–H and O–H groups in total. The Morgan fingerprint density at radius 2 is 2.29 bits per heavy atom. The lowest BCUT2D eigenvalue weighted by Crippen LogP contribution is -1.93. The molecule has 0 aromatic heterocycles. The van der Waals surface area contributed by atoms with Crippen molar-refractivity contribution in [2.24, 2.45) is 0 Å². The number of hydrogen-bond donors (Lipinski definition) is 1. The molecule has 0 aliphatic rings. The number of nitrogen functional groups attached to an aromatic ring is 1. The van der Waals surface area contributed by atoms with Crippen LogP contribution in [0.2, 0.25) is 0 Å². The molecule has 14 heavy (non-hydrogen) atoms. The molecule has 0 saturated heterocycles. The third-order valence-electron chi connectivity index (χ3n) is 1.64. The molecule has 5 heteroatoms. The summed E-state index contributed by atoms with van der Waals surface area (Å²) >= 11 is 1.47. The Labute approximate surface area is 86.6 Å². The molecule has 0 fully saturated rings. The maximum atomic E-state index is 10.6. The zero-order chi connectivity index (χ0) is 10.6. The number of thioether (sulfide) groups is 1. The van der Waals surface area contributed by atoms with Gasteiger partial charge in [0, 0.05) is 11.8 Å². The highest BCUT2D eigenvalue weighted by Gasteiger charge is 2.13. The smallest absolute Gasteiger partial charge is 0.283 e. The van der Waals surface area contributed by atoms with Gasteiger partial charge in [0.25, 0.3) is 5.69 Å². The third-order valence-corrected chi connectivity index (χ3v) is 2.89. The first-order valence-electron chi connectivity index (χ1n) is 4.32. The van der Waals surface area contributed by atoms with Gasteiger partial charge in [-0.2, -0.15) is 0 Å². The van der Waals surface area contributed by atoms with E-state index in [-0.39, 0.29) is 10.6 Å². The van der Waals surface area contributed by atoms with Gasteiger partial charge in [-0.1, -0.05) is 6.92 Å². The van der Waals surface area contributed by atoms with E-state index in [0.29, 0.717) is 10.6 Å². The second-order valence-corrected chi connectivity index (χ2v) is 3.97. The van der Waals surface area contributed by atoms with Gasteiger partial charge in [0.15, 0.2) is 0 Å². The number of anilines is 1. The van der Waals surface area contributed by atoms with Crippen molar-refractivity contribution in [1.29, 1.82) is 0 Å². The van der Waals surface area contributed by atoms with Gasteiger partial charge in [0.05, 0.1) is 9.82 Å². The standard InChI is InChI=1S/C9H12N2O2S/c1-2-5-14-9-6-7(10)3-4-8(9)11(12)13/h3-4,6H,2,5,10H2,1H3. The summed E-state index contributed by atoms with van der Waals surface area (Å²) in [6, 6.07) is 4.65. The van der Waals surface area contributed by atoms with Crippen LogP contribution >= 0.6 is 11.8 Å². The van der Waals surface area contributed by atoms with Crippen molar-refractivity contribution in [1.82, 2.24) is 0 Å². The van der Waals surface area contributed by atoms with Crippen LogP contribution in [0.1, 0.15) is 13.3 Å². The van der Waals surface area contributed by atoms with E-state index in [4.69, 9.17) is 5.73 Å². The lowest BCUT2D eigenvalue weighted by Gasteiger charge is -2.02. The highest BCUT2D eigenvalue weighted by atomic mass is 32.2. The summed E-state index contributed by atoms with van der Waals surface area (Å²) in [5.74, 6) is 0.865. The van der Waals surface area contributed by atoms with Gasteiger partial charge < -0.3 is 5.73 Å². The monoisotopic (exact) mass is 212 g/mol. The number of nitrogens with zero attached hydrogens (tertiary/aromatic N) is 1. The molecule has 4 nitrogen and oxygen atoms in total. The minimum Gasteiger partial charge on any atom is -0.399 e. The van der Waals surface area contributed by atoms with Gasteiger partial charge >= 0.3 is 0 Å². The number of rotatable bonds is 4. The topological polar surface area (TPSA) is 69.2 Å². The lowest BCUT2D eigenvalue weighted by molar-refractivity contribution is -0.387. The first kappa shape index (κ1) is 10.8. The number of nitrogens with two attached hydrogens (primary N) is 1. The van der Waals surface area contributed by atoms with Crippen LogP contribution in [0.5, 0.6) is 0 Å². The normalized spacial score (nSPS) is 10.1. The van der Waals surface area contributed by atoms with Crippen LogP contribution in [0, 0.1) is 10.1 Å². The van der Waals surface area contributed by atoms with Crippen molar-refractivity contribution < 1.29 is 4.92 Å². The molecule has 0 saturated carbocycles. The van der Waals surface area contributed by atoms with E-state index >= 15 is 0 Å². The first-order chi connectivity index (χ1) is 6.65. The fraction of sp³-hybridized carbons (Fsp3) is 0.333. The minimum absolute atomic E-state index is 0.137. The van der Waals surface area contributed by atoms with Crippen molar-refractivity contribution in [3.05, 3.63) is 28.3 Å². The van der Waals surface area contributed by atoms with Crippen molar-refractivity contribution in [2.75, 3.05) is 11.5 Å². The maximum Gasteiger partial charge on any atom is 0.283 e. The van der Waals surface area contributed by atoms with Crippen LogP contribution in [0.15, 0.2) is 23.1 Å². The zero-order valence-electron chi connectivity index (χ0n) is 7.90. The average Bonchev–Trinajstić information content (AvgIpc) is 2.14. The van der Waals surface area contributed by atoms with Gasteiger partial charge in [-0.3, -0.25) is 10.1 Å². The summed E-state index contributed by atoms with van der Waals surface area (Å²) in [7, 11) is 0. The van der Waals surface area contributed by atoms with E-state index in [1.165, 1.54) is 17.8 Å². The van der Waals surface area contributed by atoms with Crippen molar-refractivity contribution in [2.45, 2.75) is 18.2 Å². The predicted octanol–water partition coefficient (Wildman–Crippen LogP) is 2.68. The van der Waals surface area contributed by atoms with Crippen LogP contribution in [0.25, 0.3) is 0 Å². The van der Waals surface area contributed by atoms with Crippen LogP contribution < -0.4 is 5.73 Å². The fourth-order valence-corrected chi connectivity index (χ4v) is 1.94. The molecule has 0 heterocycles. The van der Waals surface area contributed by atoms with E-state index < -0.39 is 0 Å². The minimum atomic E-state index is -0.378. The number of hydrogen-bond acceptors (Lipinski definition) is 4. The van der Waals surface area contributed by atoms with Gasteiger partial charge in [0.2, 0.25) is 0 Å². The third kappa shape index (κ3) is 2.63. The summed E-state index contributed by atoms with van der Waals surface area (Å²) in [5.41, 5.74) is 6.26. The Kier molecular flexibility index (Phi) is 3.76. The zero-order valence-corrected chi connectivity index (χ0v) is 8.71. The second kappa shape index (κ2) is 4.85.